The number of nitrogens with zero attached hydrogens (tertiary/aromatic N) is 3. The fourth-order valence-corrected chi connectivity index (χ4v) is 2.15. The van der Waals surface area contributed by atoms with Crippen molar-refractivity contribution in [3.05, 3.63) is 47.3 Å². The number of ether oxygens (including phenoxy) is 1. The standard InChI is InChI=1S/C17H24N4O/c1-3-4-7-10-22-13-16-9-6-5-8-15(16)11-19-21-12-14(2)20-17(21)18/h5-6,8-9,11-12H,3-4,7,10,13H2,1-2H3,(H2,18,20). The smallest absolute Gasteiger partial charge is 0.221 e. The second kappa shape index (κ2) is 8.34. The second-order valence-electron chi connectivity index (χ2n) is 5.29. The lowest BCUT2D eigenvalue weighted by molar-refractivity contribution is 0.117. The highest BCUT2D eigenvalue weighted by molar-refractivity contribution is 5.81. The molecule has 0 radical (unpaired) electrons. The van der Waals surface area contributed by atoms with Gasteiger partial charge in [0.1, 0.15) is 0 Å². The van der Waals surface area contributed by atoms with Crippen molar-refractivity contribution in [1.29, 1.82) is 0 Å². The summed E-state index contributed by atoms with van der Waals surface area (Å²) >= 11 is 0. The SMILES string of the molecule is CCCCCOCc1ccccc1C=Nn1cc(C)nc1N. The van der Waals surface area contributed by atoms with Gasteiger partial charge in [-0.25, -0.2) is 9.66 Å². The largest absolute Gasteiger partial charge is 0.377 e. The van der Waals surface area contributed by atoms with E-state index in [1.165, 1.54) is 12.8 Å². The van der Waals surface area contributed by atoms with Crippen LogP contribution < -0.4 is 5.73 Å². The lowest BCUT2D eigenvalue weighted by Crippen LogP contribution is -2.01. The molecular weight excluding hydrogens is 276 g/mol. The zero-order valence-corrected chi connectivity index (χ0v) is 13.3. The van der Waals surface area contributed by atoms with Crippen LogP contribution in [-0.2, 0) is 11.3 Å². The highest BCUT2D eigenvalue weighted by atomic mass is 16.5. The average Bonchev–Trinajstić information content (AvgIpc) is 2.84. The minimum absolute atomic E-state index is 0.391. The van der Waals surface area contributed by atoms with Gasteiger partial charge in [-0.1, -0.05) is 44.0 Å². The van der Waals surface area contributed by atoms with Crippen LogP contribution in [0.25, 0.3) is 0 Å². The van der Waals surface area contributed by atoms with E-state index in [1.807, 2.05) is 25.1 Å². The number of imidazole rings is 1. The maximum absolute atomic E-state index is 5.78. The first-order valence-corrected chi connectivity index (χ1v) is 7.72. The van der Waals surface area contributed by atoms with Gasteiger partial charge in [0.15, 0.2) is 0 Å². The summed E-state index contributed by atoms with van der Waals surface area (Å²) in [5.74, 6) is 0.391. The van der Waals surface area contributed by atoms with Gasteiger partial charge in [-0.3, -0.25) is 0 Å². The van der Waals surface area contributed by atoms with Crippen molar-refractivity contribution < 1.29 is 4.74 Å². The highest BCUT2D eigenvalue weighted by Crippen LogP contribution is 2.10. The number of hydrogen-bond donors (Lipinski definition) is 1. The van der Waals surface area contributed by atoms with Crippen LogP contribution in [0.3, 0.4) is 0 Å². The Morgan fingerprint density at radius 2 is 2.14 bits per heavy atom. The van der Waals surface area contributed by atoms with Gasteiger partial charge in [-0.15, -0.1) is 0 Å². The number of unbranched alkanes of at least 4 members (excludes halogenated alkanes) is 2. The summed E-state index contributed by atoms with van der Waals surface area (Å²) in [6, 6.07) is 8.08. The summed E-state index contributed by atoms with van der Waals surface area (Å²) in [5, 5.41) is 4.36. The zero-order valence-electron chi connectivity index (χ0n) is 13.3. The Labute approximate surface area is 131 Å². The number of anilines is 1. The maximum atomic E-state index is 5.78. The molecule has 2 aromatic rings. The van der Waals surface area contributed by atoms with E-state index in [0.29, 0.717) is 12.6 Å². The molecule has 1 aromatic carbocycles. The minimum atomic E-state index is 0.391. The number of benzene rings is 1. The van der Waals surface area contributed by atoms with Gasteiger partial charge >= 0.3 is 0 Å². The molecule has 2 N–H and O–H groups in total. The molecule has 0 aliphatic carbocycles. The van der Waals surface area contributed by atoms with Gasteiger partial charge in [-0.05, 0) is 18.9 Å². The zero-order chi connectivity index (χ0) is 15.8. The number of hydrogen-bond acceptors (Lipinski definition) is 4. The summed E-state index contributed by atoms with van der Waals surface area (Å²) < 4.78 is 7.31. The average molecular weight is 300 g/mol. The third-order valence-electron chi connectivity index (χ3n) is 3.36. The highest BCUT2D eigenvalue weighted by Gasteiger charge is 2.02. The number of nitrogens with two attached hydrogens (primary N) is 1. The van der Waals surface area contributed by atoms with Gasteiger partial charge in [0.2, 0.25) is 5.95 Å². The van der Waals surface area contributed by atoms with E-state index in [-0.39, 0.29) is 0 Å². The number of nitrogen functional groups attached to an aromatic ring is 1. The summed E-state index contributed by atoms with van der Waals surface area (Å²) in [7, 11) is 0. The van der Waals surface area contributed by atoms with Crippen LogP contribution in [0.15, 0.2) is 35.6 Å². The van der Waals surface area contributed by atoms with E-state index in [4.69, 9.17) is 10.5 Å². The fraction of sp³-hybridized carbons (Fsp3) is 0.412. The molecule has 1 heterocycles. The Balaban J connectivity index is 2.00. The van der Waals surface area contributed by atoms with Gasteiger partial charge in [0, 0.05) is 12.2 Å². The van der Waals surface area contributed by atoms with Crippen LogP contribution in [-0.4, -0.2) is 22.5 Å². The first-order chi connectivity index (χ1) is 10.7. The molecule has 0 saturated heterocycles. The number of aryl methyl sites for hydroxylation is 1. The molecule has 0 fully saturated rings. The van der Waals surface area contributed by atoms with Gasteiger partial charge < -0.3 is 10.5 Å². The molecule has 5 nitrogen and oxygen atoms in total. The molecule has 0 bridgehead atoms. The van der Waals surface area contributed by atoms with Crippen LogP contribution in [0.5, 0.6) is 0 Å². The van der Waals surface area contributed by atoms with Gasteiger partial charge in [0.25, 0.3) is 0 Å². The third kappa shape index (κ3) is 4.70. The van der Waals surface area contributed by atoms with Crippen LogP contribution in [0.4, 0.5) is 5.95 Å². The summed E-state index contributed by atoms with van der Waals surface area (Å²) in [6.45, 7) is 5.48. The Morgan fingerprint density at radius 1 is 1.32 bits per heavy atom. The summed E-state index contributed by atoms with van der Waals surface area (Å²) in [5.41, 5.74) is 8.79. The van der Waals surface area contributed by atoms with E-state index in [0.717, 1.165) is 29.8 Å². The second-order valence-corrected chi connectivity index (χ2v) is 5.29. The van der Waals surface area contributed by atoms with Gasteiger partial charge in [0.05, 0.1) is 24.7 Å². The maximum Gasteiger partial charge on any atom is 0.221 e. The summed E-state index contributed by atoms with van der Waals surface area (Å²) in [6.07, 6.45) is 7.12. The third-order valence-corrected chi connectivity index (χ3v) is 3.36. The quantitative estimate of drug-likeness (QED) is 0.600. The van der Waals surface area contributed by atoms with E-state index in [9.17, 15) is 0 Å². The van der Waals surface area contributed by atoms with Crippen molar-refractivity contribution in [1.82, 2.24) is 9.66 Å². The van der Waals surface area contributed by atoms with Crippen molar-refractivity contribution in [2.75, 3.05) is 12.3 Å². The lowest BCUT2D eigenvalue weighted by Gasteiger charge is -2.07. The molecule has 0 amide bonds. The lowest BCUT2D eigenvalue weighted by atomic mass is 10.1. The van der Waals surface area contributed by atoms with Crippen molar-refractivity contribution in [2.45, 2.75) is 39.7 Å². The summed E-state index contributed by atoms with van der Waals surface area (Å²) in [4.78, 5) is 4.13. The molecule has 5 heteroatoms. The Kier molecular flexibility index (Phi) is 6.15. The van der Waals surface area contributed by atoms with Crippen molar-refractivity contribution in [2.24, 2.45) is 5.10 Å². The predicted molar refractivity (Wildman–Crippen MR) is 90.0 cm³/mol. The Hall–Kier alpha value is -2.14. The minimum Gasteiger partial charge on any atom is -0.377 e. The number of aromatic nitrogens is 2. The van der Waals surface area contributed by atoms with E-state index in [1.54, 1.807) is 17.1 Å². The normalized spacial score (nSPS) is 11.4. The van der Waals surface area contributed by atoms with Crippen molar-refractivity contribution >= 4 is 12.2 Å². The molecule has 2 rings (SSSR count). The van der Waals surface area contributed by atoms with Crippen LogP contribution in [0.1, 0.15) is 43.0 Å². The molecule has 118 valence electrons. The van der Waals surface area contributed by atoms with E-state index < -0.39 is 0 Å². The molecule has 0 saturated carbocycles. The fourth-order valence-electron chi connectivity index (χ4n) is 2.15. The molecule has 0 aliphatic rings. The molecule has 0 spiro atoms. The van der Waals surface area contributed by atoms with Crippen LogP contribution >= 0.6 is 0 Å². The van der Waals surface area contributed by atoms with Gasteiger partial charge in [-0.2, -0.15) is 5.10 Å². The van der Waals surface area contributed by atoms with E-state index >= 15 is 0 Å². The molecule has 1 aromatic heterocycles. The molecule has 0 unspecified atom stereocenters. The van der Waals surface area contributed by atoms with E-state index in [2.05, 4.69) is 23.1 Å². The first-order valence-electron chi connectivity index (χ1n) is 7.72. The predicted octanol–water partition coefficient (Wildman–Crippen LogP) is 3.36. The molecule has 0 atom stereocenters. The molecule has 0 aliphatic heterocycles. The van der Waals surface area contributed by atoms with Crippen LogP contribution in [0.2, 0.25) is 0 Å². The Morgan fingerprint density at radius 3 is 2.86 bits per heavy atom. The molecular formula is C17H24N4O. The Bertz CT molecular complexity index is 619. The first kappa shape index (κ1) is 16.2. The topological polar surface area (TPSA) is 65.4 Å². The monoisotopic (exact) mass is 300 g/mol. The molecule has 22 heavy (non-hydrogen) atoms. The van der Waals surface area contributed by atoms with Crippen LogP contribution in [0, 0.1) is 6.92 Å². The number of rotatable bonds is 8. The van der Waals surface area contributed by atoms with Crippen molar-refractivity contribution in [3.63, 3.8) is 0 Å². The van der Waals surface area contributed by atoms with Crippen molar-refractivity contribution in [3.8, 4) is 0 Å².